The third kappa shape index (κ3) is 3.95. The van der Waals surface area contributed by atoms with Crippen molar-refractivity contribution in [3.63, 3.8) is 0 Å². The van der Waals surface area contributed by atoms with Crippen molar-refractivity contribution in [1.82, 2.24) is 5.32 Å². The molecule has 0 radical (unpaired) electrons. The Bertz CT molecular complexity index is 765. The summed E-state index contributed by atoms with van der Waals surface area (Å²) in [4.78, 5) is 12.4. The number of nitrogens with one attached hydrogen (secondary N) is 2. The molecule has 0 aliphatic carbocycles. The third-order valence-electron chi connectivity index (χ3n) is 3.40. The SMILES string of the molecule is O=C(Nc1ccccc1)C1C=C(c2cc(Cl)cc(Cl)c2)C=CN1. The summed E-state index contributed by atoms with van der Waals surface area (Å²) < 4.78 is 0. The number of carbonyl (C=O) groups is 1. The Morgan fingerprint density at radius 1 is 1.04 bits per heavy atom. The zero-order valence-corrected chi connectivity index (χ0v) is 13.6. The molecule has 23 heavy (non-hydrogen) atoms. The van der Waals surface area contributed by atoms with Crippen LogP contribution in [0.3, 0.4) is 0 Å². The van der Waals surface area contributed by atoms with Gasteiger partial charge in [0, 0.05) is 15.7 Å². The molecular weight excluding hydrogens is 331 g/mol. The summed E-state index contributed by atoms with van der Waals surface area (Å²) in [5.74, 6) is -0.133. The summed E-state index contributed by atoms with van der Waals surface area (Å²) in [5.41, 5.74) is 2.52. The van der Waals surface area contributed by atoms with Crippen LogP contribution in [0.5, 0.6) is 0 Å². The van der Waals surface area contributed by atoms with Crippen LogP contribution in [0.15, 0.2) is 66.9 Å². The quantitative estimate of drug-likeness (QED) is 0.860. The Balaban J connectivity index is 1.80. The van der Waals surface area contributed by atoms with Gasteiger partial charge in [-0.3, -0.25) is 4.79 Å². The van der Waals surface area contributed by atoms with Crippen molar-refractivity contribution in [3.8, 4) is 0 Å². The summed E-state index contributed by atoms with van der Waals surface area (Å²) in [6.07, 6.45) is 5.48. The lowest BCUT2D eigenvalue weighted by Gasteiger charge is -2.19. The molecule has 0 saturated heterocycles. The minimum Gasteiger partial charge on any atom is -0.376 e. The standard InChI is InChI=1S/C18H14Cl2N2O/c19-14-8-13(9-15(20)11-14)12-6-7-21-17(10-12)18(23)22-16-4-2-1-3-5-16/h1-11,17,21H,(H,22,23). The second-order valence-electron chi connectivity index (χ2n) is 5.11. The number of allylic oxidation sites excluding steroid dienone is 2. The molecule has 2 aromatic rings. The van der Waals surface area contributed by atoms with Gasteiger partial charge in [0.05, 0.1) is 0 Å². The maximum atomic E-state index is 12.4. The van der Waals surface area contributed by atoms with E-state index in [-0.39, 0.29) is 5.91 Å². The molecule has 0 aromatic heterocycles. The van der Waals surface area contributed by atoms with Gasteiger partial charge in [-0.05, 0) is 59.8 Å². The molecule has 1 amide bonds. The molecule has 1 unspecified atom stereocenters. The molecule has 3 rings (SSSR count). The normalized spacial score (nSPS) is 16.4. The van der Waals surface area contributed by atoms with Crippen molar-refractivity contribution < 1.29 is 4.79 Å². The van der Waals surface area contributed by atoms with Crippen molar-refractivity contribution in [2.75, 3.05) is 5.32 Å². The number of anilines is 1. The van der Waals surface area contributed by atoms with Crippen LogP contribution in [0.1, 0.15) is 5.56 Å². The maximum absolute atomic E-state index is 12.4. The van der Waals surface area contributed by atoms with Crippen LogP contribution in [0, 0.1) is 0 Å². The molecule has 1 aliphatic heterocycles. The molecule has 1 atom stereocenters. The van der Waals surface area contributed by atoms with E-state index < -0.39 is 6.04 Å². The van der Waals surface area contributed by atoms with Crippen molar-refractivity contribution in [3.05, 3.63) is 82.5 Å². The van der Waals surface area contributed by atoms with E-state index in [2.05, 4.69) is 10.6 Å². The number of hydrogen-bond acceptors (Lipinski definition) is 2. The van der Waals surface area contributed by atoms with E-state index in [0.29, 0.717) is 10.0 Å². The number of hydrogen-bond donors (Lipinski definition) is 2. The van der Waals surface area contributed by atoms with E-state index >= 15 is 0 Å². The minimum absolute atomic E-state index is 0.133. The Labute approximate surface area is 144 Å². The Morgan fingerprint density at radius 3 is 2.43 bits per heavy atom. The molecule has 116 valence electrons. The van der Waals surface area contributed by atoms with E-state index in [9.17, 15) is 4.79 Å². The zero-order chi connectivity index (χ0) is 16.2. The zero-order valence-electron chi connectivity index (χ0n) is 12.1. The molecule has 3 nitrogen and oxygen atoms in total. The van der Waals surface area contributed by atoms with Gasteiger partial charge in [0.25, 0.3) is 5.91 Å². The van der Waals surface area contributed by atoms with Gasteiger partial charge >= 0.3 is 0 Å². The van der Waals surface area contributed by atoms with Gasteiger partial charge in [0.15, 0.2) is 0 Å². The smallest absolute Gasteiger partial charge is 0.250 e. The predicted molar refractivity (Wildman–Crippen MR) is 95.6 cm³/mol. The van der Waals surface area contributed by atoms with E-state index in [1.165, 1.54) is 0 Å². The van der Waals surface area contributed by atoms with Crippen LogP contribution in [-0.2, 0) is 4.79 Å². The van der Waals surface area contributed by atoms with Gasteiger partial charge in [-0.25, -0.2) is 0 Å². The first kappa shape index (κ1) is 15.7. The predicted octanol–water partition coefficient (Wildman–Crippen LogP) is 4.50. The van der Waals surface area contributed by atoms with Gasteiger partial charge in [-0.2, -0.15) is 0 Å². The van der Waals surface area contributed by atoms with Crippen LogP contribution in [0.2, 0.25) is 10.0 Å². The third-order valence-corrected chi connectivity index (χ3v) is 3.84. The Morgan fingerprint density at radius 2 is 1.74 bits per heavy atom. The molecule has 1 aliphatic rings. The van der Waals surface area contributed by atoms with E-state index in [4.69, 9.17) is 23.2 Å². The van der Waals surface area contributed by atoms with Gasteiger partial charge in [-0.1, -0.05) is 41.4 Å². The van der Waals surface area contributed by atoms with Crippen molar-refractivity contribution in [1.29, 1.82) is 0 Å². The highest BCUT2D eigenvalue weighted by molar-refractivity contribution is 6.34. The molecule has 0 fully saturated rings. The topological polar surface area (TPSA) is 41.1 Å². The number of carbonyl (C=O) groups excluding carboxylic acids is 1. The highest BCUT2D eigenvalue weighted by atomic mass is 35.5. The van der Waals surface area contributed by atoms with Gasteiger partial charge < -0.3 is 10.6 Å². The lowest BCUT2D eigenvalue weighted by atomic mass is 10.0. The van der Waals surface area contributed by atoms with Crippen molar-refractivity contribution >= 4 is 40.4 Å². The summed E-state index contributed by atoms with van der Waals surface area (Å²) in [5, 5.41) is 7.03. The first-order chi connectivity index (χ1) is 11.1. The lowest BCUT2D eigenvalue weighted by molar-refractivity contribution is -0.116. The number of amides is 1. The number of dihydropyridines is 1. The second-order valence-corrected chi connectivity index (χ2v) is 5.99. The fourth-order valence-corrected chi connectivity index (χ4v) is 2.86. The first-order valence-corrected chi connectivity index (χ1v) is 7.84. The summed E-state index contributed by atoms with van der Waals surface area (Å²) in [6, 6.07) is 14.2. The lowest BCUT2D eigenvalue weighted by Crippen LogP contribution is -2.37. The van der Waals surface area contributed by atoms with E-state index in [1.807, 2.05) is 54.6 Å². The summed E-state index contributed by atoms with van der Waals surface area (Å²) in [6.45, 7) is 0. The van der Waals surface area contributed by atoms with Gasteiger partial charge in [0.2, 0.25) is 0 Å². The van der Waals surface area contributed by atoms with E-state index in [0.717, 1.165) is 16.8 Å². The maximum Gasteiger partial charge on any atom is 0.250 e. The molecular formula is C18H14Cl2N2O. The van der Waals surface area contributed by atoms with Crippen LogP contribution in [0.25, 0.3) is 5.57 Å². The molecule has 5 heteroatoms. The molecule has 2 N–H and O–H groups in total. The molecule has 1 heterocycles. The second kappa shape index (κ2) is 6.90. The summed E-state index contributed by atoms with van der Waals surface area (Å²) >= 11 is 12.1. The summed E-state index contributed by atoms with van der Waals surface area (Å²) in [7, 11) is 0. The number of halogens is 2. The van der Waals surface area contributed by atoms with Crippen molar-refractivity contribution in [2.45, 2.75) is 6.04 Å². The Hall–Kier alpha value is -2.23. The van der Waals surface area contributed by atoms with Crippen LogP contribution in [-0.4, -0.2) is 11.9 Å². The molecule has 0 saturated carbocycles. The number of benzene rings is 2. The Kier molecular flexibility index (Phi) is 4.70. The van der Waals surface area contributed by atoms with Gasteiger partial charge in [0.1, 0.15) is 6.04 Å². The molecule has 2 aromatic carbocycles. The fourth-order valence-electron chi connectivity index (χ4n) is 2.33. The average Bonchev–Trinajstić information content (AvgIpc) is 2.55. The van der Waals surface area contributed by atoms with Crippen molar-refractivity contribution in [2.24, 2.45) is 0 Å². The highest BCUT2D eigenvalue weighted by Gasteiger charge is 2.18. The fraction of sp³-hybridized carbons (Fsp3) is 0.0556. The number of para-hydroxylation sites is 1. The van der Waals surface area contributed by atoms with E-state index in [1.54, 1.807) is 12.3 Å². The van der Waals surface area contributed by atoms with Crippen LogP contribution < -0.4 is 10.6 Å². The minimum atomic E-state index is -0.465. The molecule has 0 spiro atoms. The largest absolute Gasteiger partial charge is 0.376 e. The average molecular weight is 345 g/mol. The van der Waals surface area contributed by atoms with Crippen LogP contribution >= 0.6 is 23.2 Å². The van der Waals surface area contributed by atoms with Gasteiger partial charge in [-0.15, -0.1) is 0 Å². The highest BCUT2D eigenvalue weighted by Crippen LogP contribution is 2.26. The number of rotatable bonds is 3. The first-order valence-electron chi connectivity index (χ1n) is 7.08. The van der Waals surface area contributed by atoms with Crippen LogP contribution in [0.4, 0.5) is 5.69 Å². The monoisotopic (exact) mass is 344 g/mol. The molecule has 0 bridgehead atoms.